The van der Waals surface area contributed by atoms with Crippen molar-refractivity contribution >= 4 is 21.8 Å². The molecule has 0 spiro atoms. The average molecular weight is 301 g/mol. The Morgan fingerprint density at radius 2 is 2.41 bits per heavy atom. The first kappa shape index (κ1) is 12.5. The quantitative estimate of drug-likeness (QED) is 0.895. The fraction of sp³-hybridized carbons (Fsp3) is 0.417. The topological polar surface area (TPSA) is 41.1 Å². The van der Waals surface area contributed by atoms with Crippen LogP contribution in [-0.4, -0.2) is 25.5 Å². The third-order valence-corrected chi connectivity index (χ3v) is 3.54. The molecule has 1 saturated heterocycles. The van der Waals surface area contributed by atoms with E-state index in [0.29, 0.717) is 22.5 Å². The number of carbonyl (C=O) groups is 1. The molecule has 3 nitrogen and oxygen atoms in total. The van der Waals surface area contributed by atoms with Crippen LogP contribution in [0.5, 0.6) is 0 Å². The highest BCUT2D eigenvalue weighted by atomic mass is 79.9. The number of hydrogen-bond acceptors (Lipinski definition) is 2. The van der Waals surface area contributed by atoms with Gasteiger partial charge in [-0.1, -0.05) is 0 Å². The smallest absolute Gasteiger partial charge is 0.251 e. The number of carbonyl (C=O) groups excluding carboxylic acids is 1. The third kappa shape index (κ3) is 3.26. The summed E-state index contributed by atoms with van der Waals surface area (Å²) in [5.41, 5.74) is 0.358. The minimum absolute atomic E-state index is 0.219. The van der Waals surface area contributed by atoms with Crippen LogP contribution in [0, 0.1) is 11.7 Å². The minimum atomic E-state index is -0.416. The summed E-state index contributed by atoms with van der Waals surface area (Å²) in [7, 11) is 0. The highest BCUT2D eigenvalue weighted by molar-refractivity contribution is 9.10. The van der Waals surface area contributed by atoms with E-state index in [1.165, 1.54) is 6.07 Å². The lowest BCUT2D eigenvalue weighted by Gasteiger charge is -2.10. The van der Waals surface area contributed by atoms with Gasteiger partial charge in [0.2, 0.25) is 0 Å². The molecule has 0 aromatic heterocycles. The zero-order chi connectivity index (χ0) is 12.3. The van der Waals surface area contributed by atoms with Crippen molar-refractivity contribution in [2.75, 3.05) is 19.6 Å². The van der Waals surface area contributed by atoms with Crippen LogP contribution in [0.25, 0.3) is 0 Å². The first-order chi connectivity index (χ1) is 8.16. The molecular weight excluding hydrogens is 287 g/mol. The summed E-state index contributed by atoms with van der Waals surface area (Å²) in [6.07, 6.45) is 1.08. The summed E-state index contributed by atoms with van der Waals surface area (Å²) in [5.74, 6) is -0.150. The minimum Gasteiger partial charge on any atom is -0.352 e. The van der Waals surface area contributed by atoms with Gasteiger partial charge < -0.3 is 10.6 Å². The van der Waals surface area contributed by atoms with E-state index in [1.54, 1.807) is 12.1 Å². The lowest BCUT2D eigenvalue weighted by Crippen LogP contribution is -2.30. The van der Waals surface area contributed by atoms with Crippen LogP contribution >= 0.6 is 15.9 Å². The lowest BCUT2D eigenvalue weighted by atomic mass is 10.1. The lowest BCUT2D eigenvalue weighted by molar-refractivity contribution is 0.0947. The van der Waals surface area contributed by atoms with Crippen LogP contribution in [0.1, 0.15) is 16.8 Å². The Labute approximate surface area is 108 Å². The van der Waals surface area contributed by atoms with Crippen molar-refractivity contribution in [2.45, 2.75) is 6.42 Å². The molecule has 1 aliphatic rings. The maximum atomic E-state index is 13.2. The fourth-order valence-electron chi connectivity index (χ4n) is 1.87. The van der Waals surface area contributed by atoms with E-state index in [9.17, 15) is 9.18 Å². The summed E-state index contributed by atoms with van der Waals surface area (Å²) in [6.45, 7) is 2.59. The Hall–Kier alpha value is -0.940. The van der Waals surface area contributed by atoms with Crippen LogP contribution in [-0.2, 0) is 0 Å². The van der Waals surface area contributed by atoms with Gasteiger partial charge >= 0.3 is 0 Å². The van der Waals surface area contributed by atoms with E-state index in [4.69, 9.17) is 0 Å². The number of amides is 1. The standard InChI is InChI=1S/C12H14BrFN2O/c13-10-2-1-9(5-11(10)14)12(17)16-7-8-3-4-15-6-8/h1-2,5,8,15H,3-4,6-7H2,(H,16,17). The fourth-order valence-corrected chi connectivity index (χ4v) is 2.11. The summed E-state index contributed by atoms with van der Waals surface area (Å²) in [4.78, 5) is 11.8. The van der Waals surface area contributed by atoms with Crippen molar-refractivity contribution in [2.24, 2.45) is 5.92 Å². The first-order valence-electron chi connectivity index (χ1n) is 5.61. The van der Waals surface area contributed by atoms with Gasteiger partial charge in [0.05, 0.1) is 4.47 Å². The first-order valence-corrected chi connectivity index (χ1v) is 6.40. The van der Waals surface area contributed by atoms with E-state index in [1.807, 2.05) is 0 Å². The van der Waals surface area contributed by atoms with Gasteiger partial charge in [0.15, 0.2) is 0 Å². The molecule has 0 bridgehead atoms. The molecule has 1 unspecified atom stereocenters. The molecule has 1 amide bonds. The van der Waals surface area contributed by atoms with Gasteiger partial charge in [0.1, 0.15) is 5.82 Å². The molecule has 1 aromatic rings. The van der Waals surface area contributed by atoms with Gasteiger partial charge in [-0.15, -0.1) is 0 Å². The normalized spacial score (nSPS) is 19.3. The highest BCUT2D eigenvalue weighted by Gasteiger charge is 2.16. The van der Waals surface area contributed by atoms with Crippen molar-refractivity contribution in [1.82, 2.24) is 10.6 Å². The van der Waals surface area contributed by atoms with E-state index in [0.717, 1.165) is 19.5 Å². The summed E-state index contributed by atoms with van der Waals surface area (Å²) in [6, 6.07) is 4.39. The molecule has 5 heteroatoms. The Bertz CT molecular complexity index is 419. The number of nitrogens with one attached hydrogen (secondary N) is 2. The molecule has 2 rings (SSSR count). The number of rotatable bonds is 3. The monoisotopic (exact) mass is 300 g/mol. The molecule has 0 radical (unpaired) electrons. The van der Waals surface area contributed by atoms with Gasteiger partial charge in [0.25, 0.3) is 5.91 Å². The molecule has 1 fully saturated rings. The predicted molar refractivity (Wildman–Crippen MR) is 67.4 cm³/mol. The Kier molecular flexibility index (Phi) is 4.12. The summed E-state index contributed by atoms with van der Waals surface area (Å²) < 4.78 is 13.6. The maximum absolute atomic E-state index is 13.2. The maximum Gasteiger partial charge on any atom is 0.251 e. The number of benzene rings is 1. The van der Waals surface area contributed by atoms with E-state index in [2.05, 4.69) is 26.6 Å². The van der Waals surface area contributed by atoms with Crippen molar-refractivity contribution < 1.29 is 9.18 Å². The second kappa shape index (κ2) is 5.60. The van der Waals surface area contributed by atoms with Gasteiger partial charge in [0, 0.05) is 12.1 Å². The molecule has 1 heterocycles. The van der Waals surface area contributed by atoms with E-state index in [-0.39, 0.29) is 5.91 Å². The molecule has 0 saturated carbocycles. The third-order valence-electron chi connectivity index (χ3n) is 2.90. The summed E-state index contributed by atoms with van der Waals surface area (Å²) >= 11 is 3.06. The predicted octanol–water partition coefficient (Wildman–Crippen LogP) is 1.93. The number of halogens is 2. The molecular formula is C12H14BrFN2O. The molecule has 1 atom stereocenters. The second-order valence-electron chi connectivity index (χ2n) is 4.20. The molecule has 0 aliphatic carbocycles. The molecule has 1 aliphatic heterocycles. The van der Waals surface area contributed by atoms with Crippen LogP contribution in [0.3, 0.4) is 0 Å². The van der Waals surface area contributed by atoms with E-state index < -0.39 is 5.82 Å². The largest absolute Gasteiger partial charge is 0.352 e. The number of hydrogen-bond donors (Lipinski definition) is 2. The molecule has 2 N–H and O–H groups in total. The van der Waals surface area contributed by atoms with Crippen molar-refractivity contribution in [3.05, 3.63) is 34.1 Å². The molecule has 17 heavy (non-hydrogen) atoms. The van der Waals surface area contributed by atoms with Gasteiger partial charge in [-0.25, -0.2) is 4.39 Å². The van der Waals surface area contributed by atoms with Crippen molar-refractivity contribution in [3.8, 4) is 0 Å². The van der Waals surface area contributed by atoms with Crippen LogP contribution < -0.4 is 10.6 Å². The molecule has 1 aromatic carbocycles. The SMILES string of the molecule is O=C(NCC1CCNC1)c1ccc(Br)c(F)c1. The summed E-state index contributed by atoms with van der Waals surface area (Å²) in [5, 5.41) is 6.06. The Morgan fingerprint density at radius 3 is 3.06 bits per heavy atom. The Morgan fingerprint density at radius 1 is 1.59 bits per heavy atom. The molecule has 92 valence electrons. The van der Waals surface area contributed by atoms with Crippen molar-refractivity contribution in [1.29, 1.82) is 0 Å². The van der Waals surface area contributed by atoms with Gasteiger partial charge in [-0.3, -0.25) is 4.79 Å². The van der Waals surface area contributed by atoms with Crippen LogP contribution in [0.15, 0.2) is 22.7 Å². The highest BCUT2D eigenvalue weighted by Crippen LogP contribution is 2.16. The van der Waals surface area contributed by atoms with Crippen molar-refractivity contribution in [3.63, 3.8) is 0 Å². The van der Waals surface area contributed by atoms with Gasteiger partial charge in [-0.2, -0.15) is 0 Å². The van der Waals surface area contributed by atoms with E-state index >= 15 is 0 Å². The zero-order valence-electron chi connectivity index (χ0n) is 9.30. The average Bonchev–Trinajstić information content (AvgIpc) is 2.82. The Balaban J connectivity index is 1.92. The van der Waals surface area contributed by atoms with Crippen LogP contribution in [0.2, 0.25) is 0 Å². The van der Waals surface area contributed by atoms with Crippen LogP contribution in [0.4, 0.5) is 4.39 Å². The van der Waals surface area contributed by atoms with Gasteiger partial charge in [-0.05, 0) is 59.6 Å². The second-order valence-corrected chi connectivity index (χ2v) is 5.05. The zero-order valence-corrected chi connectivity index (χ0v) is 10.9.